The zero-order valence-electron chi connectivity index (χ0n) is 10.5. The van der Waals surface area contributed by atoms with Gasteiger partial charge in [0, 0.05) is 16.8 Å². The van der Waals surface area contributed by atoms with Gasteiger partial charge in [-0.3, -0.25) is 0 Å². The number of ether oxygens (including phenoxy) is 1. The molecule has 1 N–H and O–H groups in total. The van der Waals surface area contributed by atoms with Crippen molar-refractivity contribution in [1.29, 1.82) is 0 Å². The van der Waals surface area contributed by atoms with E-state index in [1.807, 2.05) is 48.5 Å². The highest BCUT2D eigenvalue weighted by Gasteiger charge is 1.99. The molecule has 0 atom stereocenters. The molecule has 3 heteroatoms. The van der Waals surface area contributed by atoms with Crippen LogP contribution in [-0.2, 0) is 0 Å². The van der Waals surface area contributed by atoms with Crippen LogP contribution in [0.5, 0.6) is 11.5 Å². The highest BCUT2D eigenvalue weighted by atomic mass is 35.5. The summed E-state index contributed by atoms with van der Waals surface area (Å²) in [4.78, 5) is 0. The van der Waals surface area contributed by atoms with Crippen LogP contribution in [0.1, 0.15) is 13.8 Å². The summed E-state index contributed by atoms with van der Waals surface area (Å²) >= 11 is 5.82. The van der Waals surface area contributed by atoms with Gasteiger partial charge >= 0.3 is 0 Å². The summed E-state index contributed by atoms with van der Waals surface area (Å²) in [5, 5.41) is 4.04. The van der Waals surface area contributed by atoms with Crippen molar-refractivity contribution in [1.82, 2.24) is 0 Å². The van der Waals surface area contributed by atoms with E-state index < -0.39 is 0 Å². The molecule has 18 heavy (non-hydrogen) atoms. The van der Waals surface area contributed by atoms with Crippen LogP contribution in [0, 0.1) is 0 Å². The van der Waals surface area contributed by atoms with E-state index in [2.05, 4.69) is 19.2 Å². The van der Waals surface area contributed by atoms with Gasteiger partial charge in [-0.05, 0) is 62.4 Å². The van der Waals surface area contributed by atoms with Crippen molar-refractivity contribution in [2.45, 2.75) is 19.9 Å². The predicted molar refractivity (Wildman–Crippen MR) is 76.7 cm³/mol. The smallest absolute Gasteiger partial charge is 0.127 e. The van der Waals surface area contributed by atoms with Crippen molar-refractivity contribution in [2.24, 2.45) is 0 Å². The highest BCUT2D eigenvalue weighted by molar-refractivity contribution is 6.30. The Hall–Kier alpha value is -1.67. The van der Waals surface area contributed by atoms with E-state index in [0.717, 1.165) is 17.2 Å². The number of benzene rings is 2. The molecule has 0 radical (unpaired) electrons. The van der Waals surface area contributed by atoms with Crippen LogP contribution in [0.2, 0.25) is 5.02 Å². The van der Waals surface area contributed by atoms with Gasteiger partial charge in [-0.2, -0.15) is 0 Å². The number of anilines is 1. The zero-order chi connectivity index (χ0) is 13.0. The average molecular weight is 262 g/mol. The minimum Gasteiger partial charge on any atom is -0.457 e. The second-order valence-electron chi connectivity index (χ2n) is 4.38. The molecule has 0 unspecified atom stereocenters. The molecule has 0 saturated carbocycles. The molecule has 0 amide bonds. The summed E-state index contributed by atoms with van der Waals surface area (Å²) in [6, 6.07) is 15.6. The van der Waals surface area contributed by atoms with E-state index in [9.17, 15) is 0 Å². The molecule has 0 bridgehead atoms. The van der Waals surface area contributed by atoms with Crippen LogP contribution in [0.4, 0.5) is 5.69 Å². The summed E-state index contributed by atoms with van der Waals surface area (Å²) in [5.41, 5.74) is 1.09. The molecule has 0 aliphatic rings. The zero-order valence-corrected chi connectivity index (χ0v) is 11.2. The Morgan fingerprint density at radius 3 is 1.89 bits per heavy atom. The number of rotatable bonds is 4. The van der Waals surface area contributed by atoms with Crippen molar-refractivity contribution >= 4 is 17.3 Å². The average Bonchev–Trinajstić information content (AvgIpc) is 2.34. The van der Waals surface area contributed by atoms with Gasteiger partial charge < -0.3 is 10.1 Å². The van der Waals surface area contributed by atoms with E-state index in [1.165, 1.54) is 0 Å². The lowest BCUT2D eigenvalue weighted by molar-refractivity contribution is 0.483. The minimum absolute atomic E-state index is 0.424. The maximum Gasteiger partial charge on any atom is 0.127 e. The fourth-order valence-electron chi connectivity index (χ4n) is 1.59. The molecule has 0 aromatic heterocycles. The van der Waals surface area contributed by atoms with Crippen LogP contribution < -0.4 is 10.1 Å². The van der Waals surface area contributed by atoms with Gasteiger partial charge in [-0.25, -0.2) is 0 Å². The monoisotopic (exact) mass is 261 g/mol. The number of nitrogens with one attached hydrogen (secondary N) is 1. The molecule has 2 nitrogen and oxygen atoms in total. The maximum atomic E-state index is 5.82. The van der Waals surface area contributed by atoms with E-state index >= 15 is 0 Å². The molecule has 0 aliphatic carbocycles. The van der Waals surface area contributed by atoms with Crippen LogP contribution >= 0.6 is 11.6 Å². The van der Waals surface area contributed by atoms with Gasteiger partial charge in [0.25, 0.3) is 0 Å². The summed E-state index contributed by atoms with van der Waals surface area (Å²) in [5.74, 6) is 1.59. The highest BCUT2D eigenvalue weighted by Crippen LogP contribution is 2.24. The summed E-state index contributed by atoms with van der Waals surface area (Å²) in [6.07, 6.45) is 0. The van der Waals surface area contributed by atoms with Crippen LogP contribution in [-0.4, -0.2) is 6.04 Å². The number of halogens is 1. The second-order valence-corrected chi connectivity index (χ2v) is 4.82. The number of hydrogen-bond donors (Lipinski definition) is 1. The van der Waals surface area contributed by atoms with Gasteiger partial charge in [0.05, 0.1) is 0 Å². The van der Waals surface area contributed by atoms with E-state index in [-0.39, 0.29) is 0 Å². The molecule has 0 spiro atoms. The molecule has 2 aromatic rings. The molecular formula is C15H16ClNO. The first kappa shape index (κ1) is 12.8. The first-order chi connectivity index (χ1) is 8.63. The van der Waals surface area contributed by atoms with Gasteiger partial charge in [0.15, 0.2) is 0 Å². The third-order valence-electron chi connectivity index (χ3n) is 2.36. The fourth-order valence-corrected chi connectivity index (χ4v) is 1.72. The Labute approximate surface area is 113 Å². The van der Waals surface area contributed by atoms with E-state index in [0.29, 0.717) is 11.1 Å². The van der Waals surface area contributed by atoms with Crippen LogP contribution in [0.15, 0.2) is 48.5 Å². The van der Waals surface area contributed by atoms with Crippen molar-refractivity contribution in [3.63, 3.8) is 0 Å². The topological polar surface area (TPSA) is 21.3 Å². The predicted octanol–water partition coefficient (Wildman–Crippen LogP) is 4.95. The van der Waals surface area contributed by atoms with Crippen LogP contribution in [0.3, 0.4) is 0 Å². The molecule has 0 fully saturated rings. The Kier molecular flexibility index (Phi) is 4.11. The van der Waals surface area contributed by atoms with Gasteiger partial charge in [-0.15, -0.1) is 0 Å². The first-order valence-electron chi connectivity index (χ1n) is 5.93. The Morgan fingerprint density at radius 1 is 0.889 bits per heavy atom. The second kappa shape index (κ2) is 5.78. The van der Waals surface area contributed by atoms with Crippen molar-refractivity contribution in [3.8, 4) is 11.5 Å². The quantitative estimate of drug-likeness (QED) is 0.841. The third kappa shape index (κ3) is 3.67. The Bertz CT molecular complexity index is 491. The third-order valence-corrected chi connectivity index (χ3v) is 2.61. The lowest BCUT2D eigenvalue weighted by atomic mass is 10.2. The Morgan fingerprint density at radius 2 is 1.39 bits per heavy atom. The summed E-state index contributed by atoms with van der Waals surface area (Å²) < 4.78 is 5.71. The fraction of sp³-hybridized carbons (Fsp3) is 0.200. The van der Waals surface area contributed by atoms with Gasteiger partial charge in [0.2, 0.25) is 0 Å². The molecule has 0 saturated heterocycles. The van der Waals surface area contributed by atoms with Gasteiger partial charge in [-0.1, -0.05) is 11.6 Å². The Balaban J connectivity index is 2.04. The molecular weight excluding hydrogens is 246 g/mol. The van der Waals surface area contributed by atoms with Crippen molar-refractivity contribution in [3.05, 3.63) is 53.6 Å². The SMILES string of the molecule is CC(C)Nc1ccc(Oc2ccc(Cl)cc2)cc1. The van der Waals surface area contributed by atoms with E-state index in [1.54, 1.807) is 0 Å². The lowest BCUT2D eigenvalue weighted by Gasteiger charge is -2.11. The first-order valence-corrected chi connectivity index (χ1v) is 6.31. The summed E-state index contributed by atoms with van der Waals surface area (Å²) in [6.45, 7) is 4.22. The van der Waals surface area contributed by atoms with Crippen LogP contribution in [0.25, 0.3) is 0 Å². The maximum absolute atomic E-state index is 5.82. The summed E-state index contributed by atoms with van der Waals surface area (Å²) in [7, 11) is 0. The minimum atomic E-state index is 0.424. The van der Waals surface area contributed by atoms with Crippen molar-refractivity contribution in [2.75, 3.05) is 5.32 Å². The molecule has 2 aromatic carbocycles. The molecule has 0 heterocycles. The largest absolute Gasteiger partial charge is 0.457 e. The van der Waals surface area contributed by atoms with Gasteiger partial charge in [0.1, 0.15) is 11.5 Å². The normalized spacial score (nSPS) is 10.4. The standard InChI is InChI=1S/C15H16ClNO/c1-11(2)17-13-5-9-15(10-6-13)18-14-7-3-12(16)4-8-14/h3-11,17H,1-2H3. The molecule has 94 valence electrons. The lowest BCUT2D eigenvalue weighted by Crippen LogP contribution is -2.09. The molecule has 2 rings (SSSR count). The van der Waals surface area contributed by atoms with E-state index in [4.69, 9.17) is 16.3 Å². The van der Waals surface area contributed by atoms with Crippen molar-refractivity contribution < 1.29 is 4.74 Å². The molecule has 0 aliphatic heterocycles. The number of hydrogen-bond acceptors (Lipinski definition) is 2.